The van der Waals surface area contributed by atoms with Gasteiger partial charge in [-0.1, -0.05) is 12.1 Å². The molecule has 1 heterocycles. The number of carbonyl (C=O) groups is 2. The number of carbonyl (C=O) groups excluding carboxylic acids is 1. The summed E-state index contributed by atoms with van der Waals surface area (Å²) in [4.78, 5) is 22.4. The highest BCUT2D eigenvalue weighted by atomic mass is 16.5. The van der Waals surface area contributed by atoms with Crippen LogP contribution >= 0.6 is 0 Å². The van der Waals surface area contributed by atoms with Crippen LogP contribution in [0.3, 0.4) is 0 Å². The zero-order valence-corrected chi connectivity index (χ0v) is 14.5. The Labute approximate surface area is 146 Å². The molecule has 0 radical (unpaired) electrons. The number of aromatic nitrogens is 2. The van der Waals surface area contributed by atoms with Crippen LogP contribution in [0, 0.1) is 13.8 Å². The second-order valence-electron chi connectivity index (χ2n) is 5.85. The van der Waals surface area contributed by atoms with Crippen molar-refractivity contribution in [3.8, 4) is 5.75 Å². The van der Waals surface area contributed by atoms with Crippen molar-refractivity contribution < 1.29 is 19.4 Å². The molecule has 0 saturated carbocycles. The van der Waals surface area contributed by atoms with Gasteiger partial charge in [0.1, 0.15) is 12.3 Å². The third-order valence-corrected chi connectivity index (χ3v) is 3.61. The van der Waals surface area contributed by atoms with Crippen molar-refractivity contribution in [2.45, 2.75) is 39.8 Å². The van der Waals surface area contributed by atoms with Gasteiger partial charge < -0.3 is 15.2 Å². The Bertz CT molecular complexity index is 722. The average Bonchev–Trinajstić information content (AvgIpc) is 2.88. The van der Waals surface area contributed by atoms with E-state index in [4.69, 9.17) is 9.84 Å². The number of carboxylic acids is 1. The molecule has 2 aromatic rings. The molecular formula is C18H23N3O4. The summed E-state index contributed by atoms with van der Waals surface area (Å²) in [6, 6.07) is 9.29. The molecule has 7 heteroatoms. The van der Waals surface area contributed by atoms with Gasteiger partial charge in [0.15, 0.2) is 0 Å². The maximum absolute atomic E-state index is 12.0. The Morgan fingerprint density at radius 3 is 2.56 bits per heavy atom. The summed E-state index contributed by atoms with van der Waals surface area (Å²) >= 11 is 0. The van der Waals surface area contributed by atoms with E-state index in [-0.39, 0.29) is 18.9 Å². The number of benzene rings is 1. The van der Waals surface area contributed by atoms with E-state index in [1.54, 1.807) is 4.68 Å². The largest absolute Gasteiger partial charge is 0.494 e. The molecule has 2 N–H and O–H groups in total. The van der Waals surface area contributed by atoms with Crippen LogP contribution in [-0.4, -0.2) is 33.4 Å². The first-order valence-electron chi connectivity index (χ1n) is 8.15. The first-order chi connectivity index (χ1) is 11.9. The SMILES string of the molecule is Cc1cc(C)n(CC(=O)NCc2ccc(OCCCC(=O)O)cc2)n1. The maximum atomic E-state index is 12.0. The zero-order valence-electron chi connectivity index (χ0n) is 14.5. The number of nitrogens with one attached hydrogen (secondary N) is 1. The van der Waals surface area contributed by atoms with Gasteiger partial charge in [0.05, 0.1) is 12.3 Å². The lowest BCUT2D eigenvalue weighted by atomic mass is 10.2. The van der Waals surface area contributed by atoms with Crippen molar-refractivity contribution in [1.82, 2.24) is 15.1 Å². The molecule has 1 aromatic heterocycles. The fourth-order valence-corrected chi connectivity index (χ4v) is 2.34. The van der Waals surface area contributed by atoms with Gasteiger partial charge in [-0.05, 0) is 44.0 Å². The predicted molar refractivity (Wildman–Crippen MR) is 92.4 cm³/mol. The third kappa shape index (κ3) is 6.29. The summed E-state index contributed by atoms with van der Waals surface area (Å²) in [7, 11) is 0. The Balaban J connectivity index is 1.74. The Hall–Kier alpha value is -2.83. The maximum Gasteiger partial charge on any atom is 0.303 e. The molecule has 0 saturated heterocycles. The molecule has 1 aromatic carbocycles. The molecule has 0 fully saturated rings. The van der Waals surface area contributed by atoms with Gasteiger partial charge in [-0.15, -0.1) is 0 Å². The summed E-state index contributed by atoms with van der Waals surface area (Å²) in [5.41, 5.74) is 2.81. The number of aliphatic carboxylic acids is 1. The van der Waals surface area contributed by atoms with E-state index in [0.29, 0.717) is 25.3 Å². The predicted octanol–water partition coefficient (Wildman–Crippen LogP) is 2.06. The molecule has 0 bridgehead atoms. The molecular weight excluding hydrogens is 322 g/mol. The highest BCUT2D eigenvalue weighted by Crippen LogP contribution is 2.12. The molecule has 0 spiro atoms. The highest BCUT2D eigenvalue weighted by Gasteiger charge is 2.07. The van der Waals surface area contributed by atoms with Crippen LogP contribution in [-0.2, 0) is 22.7 Å². The van der Waals surface area contributed by atoms with Crippen LogP contribution in [0.4, 0.5) is 0 Å². The lowest BCUT2D eigenvalue weighted by molar-refractivity contribution is -0.137. The van der Waals surface area contributed by atoms with E-state index in [9.17, 15) is 9.59 Å². The number of amides is 1. The van der Waals surface area contributed by atoms with Crippen molar-refractivity contribution in [2.75, 3.05) is 6.61 Å². The molecule has 1 amide bonds. The monoisotopic (exact) mass is 345 g/mol. The second kappa shape index (κ2) is 8.86. The first-order valence-corrected chi connectivity index (χ1v) is 8.15. The molecule has 0 unspecified atom stereocenters. The smallest absolute Gasteiger partial charge is 0.303 e. The van der Waals surface area contributed by atoms with Gasteiger partial charge in [0.2, 0.25) is 5.91 Å². The van der Waals surface area contributed by atoms with Crippen molar-refractivity contribution in [3.05, 3.63) is 47.3 Å². The summed E-state index contributed by atoms with van der Waals surface area (Å²) in [5.74, 6) is -0.238. The third-order valence-electron chi connectivity index (χ3n) is 3.61. The summed E-state index contributed by atoms with van der Waals surface area (Å²) in [6.07, 6.45) is 0.568. The first kappa shape index (κ1) is 18.5. The minimum atomic E-state index is -0.824. The molecule has 0 aliphatic rings. The topological polar surface area (TPSA) is 93.5 Å². The van der Waals surface area contributed by atoms with Gasteiger partial charge in [0.25, 0.3) is 0 Å². The molecule has 0 aliphatic carbocycles. The lowest BCUT2D eigenvalue weighted by Crippen LogP contribution is -2.27. The van der Waals surface area contributed by atoms with Crippen molar-refractivity contribution in [1.29, 1.82) is 0 Å². The zero-order chi connectivity index (χ0) is 18.2. The van der Waals surface area contributed by atoms with Crippen LogP contribution in [0.5, 0.6) is 5.75 Å². The van der Waals surface area contributed by atoms with Crippen LogP contribution < -0.4 is 10.1 Å². The minimum Gasteiger partial charge on any atom is -0.494 e. The highest BCUT2D eigenvalue weighted by molar-refractivity contribution is 5.75. The number of nitrogens with zero attached hydrogens (tertiary/aromatic N) is 2. The number of carboxylic acid groups (broad SMARTS) is 1. The molecule has 0 atom stereocenters. The van der Waals surface area contributed by atoms with Crippen LogP contribution in [0.15, 0.2) is 30.3 Å². The average molecular weight is 345 g/mol. The van der Waals surface area contributed by atoms with Crippen LogP contribution in [0.2, 0.25) is 0 Å². The van der Waals surface area contributed by atoms with E-state index in [1.165, 1.54) is 0 Å². The molecule has 25 heavy (non-hydrogen) atoms. The van der Waals surface area contributed by atoms with Crippen LogP contribution in [0.25, 0.3) is 0 Å². The van der Waals surface area contributed by atoms with Gasteiger partial charge in [-0.2, -0.15) is 5.10 Å². The van der Waals surface area contributed by atoms with E-state index < -0.39 is 5.97 Å². The molecule has 2 rings (SSSR count). The van der Waals surface area contributed by atoms with Crippen molar-refractivity contribution in [3.63, 3.8) is 0 Å². The van der Waals surface area contributed by atoms with Gasteiger partial charge in [-0.25, -0.2) is 0 Å². The molecule has 134 valence electrons. The van der Waals surface area contributed by atoms with E-state index in [0.717, 1.165) is 17.0 Å². The quantitative estimate of drug-likeness (QED) is 0.679. The summed E-state index contributed by atoms with van der Waals surface area (Å²) in [6.45, 7) is 4.81. The van der Waals surface area contributed by atoms with E-state index in [2.05, 4.69) is 10.4 Å². The summed E-state index contributed by atoms with van der Waals surface area (Å²) in [5, 5.41) is 15.7. The summed E-state index contributed by atoms with van der Waals surface area (Å²) < 4.78 is 7.15. The number of hydrogen-bond donors (Lipinski definition) is 2. The van der Waals surface area contributed by atoms with E-state index >= 15 is 0 Å². The van der Waals surface area contributed by atoms with Crippen molar-refractivity contribution >= 4 is 11.9 Å². The molecule has 7 nitrogen and oxygen atoms in total. The Morgan fingerprint density at radius 2 is 1.96 bits per heavy atom. The van der Waals surface area contributed by atoms with Gasteiger partial charge in [0, 0.05) is 18.7 Å². The minimum absolute atomic E-state index is 0.0966. The fourth-order valence-electron chi connectivity index (χ4n) is 2.34. The van der Waals surface area contributed by atoms with Crippen molar-refractivity contribution in [2.24, 2.45) is 0 Å². The second-order valence-corrected chi connectivity index (χ2v) is 5.85. The molecule has 0 aliphatic heterocycles. The Morgan fingerprint density at radius 1 is 1.24 bits per heavy atom. The normalized spacial score (nSPS) is 10.5. The number of hydrogen-bond acceptors (Lipinski definition) is 4. The van der Waals surface area contributed by atoms with Gasteiger partial charge in [-0.3, -0.25) is 14.3 Å². The standard InChI is InChI=1S/C18H23N3O4/c1-13-10-14(2)21(20-13)12-17(22)19-11-15-5-7-16(8-6-15)25-9-3-4-18(23)24/h5-8,10H,3-4,9,11-12H2,1-2H3,(H,19,22)(H,23,24). The number of ether oxygens (including phenoxy) is 1. The lowest BCUT2D eigenvalue weighted by Gasteiger charge is -2.09. The van der Waals surface area contributed by atoms with E-state index in [1.807, 2.05) is 44.2 Å². The van der Waals surface area contributed by atoms with Gasteiger partial charge >= 0.3 is 5.97 Å². The number of aryl methyl sites for hydroxylation is 2. The fraction of sp³-hybridized carbons (Fsp3) is 0.389. The van der Waals surface area contributed by atoms with Crippen LogP contribution in [0.1, 0.15) is 29.8 Å². The number of rotatable bonds is 9. The Kier molecular flexibility index (Phi) is 6.56.